The number of benzene rings is 2. The van der Waals surface area contributed by atoms with Crippen molar-refractivity contribution >= 4 is 23.4 Å². The van der Waals surface area contributed by atoms with Crippen molar-refractivity contribution in [1.29, 1.82) is 10.5 Å². The summed E-state index contributed by atoms with van der Waals surface area (Å²) in [6.07, 6.45) is 3.26. The van der Waals surface area contributed by atoms with Crippen molar-refractivity contribution in [2.24, 2.45) is 0 Å². The Morgan fingerprint density at radius 3 is 2.32 bits per heavy atom. The molecule has 6 heteroatoms. The van der Waals surface area contributed by atoms with Crippen LogP contribution in [-0.2, 0) is 6.42 Å². The van der Waals surface area contributed by atoms with E-state index in [1.54, 1.807) is 0 Å². The molecule has 0 amide bonds. The largest absolute Gasteiger partial charge is 0.293 e. The summed E-state index contributed by atoms with van der Waals surface area (Å²) >= 11 is 1.22. The number of hydrogen-bond donors (Lipinski definition) is 1. The average Bonchev–Trinajstić information content (AvgIpc) is 2.81. The van der Waals surface area contributed by atoms with Gasteiger partial charge in [0.2, 0.25) is 0 Å². The van der Waals surface area contributed by atoms with Crippen molar-refractivity contribution in [1.82, 2.24) is 0 Å². The molecule has 0 bridgehead atoms. The number of unbranched alkanes of at least 4 members (excludes halogenated alkanes) is 1. The summed E-state index contributed by atoms with van der Waals surface area (Å²) < 4.78 is 0. The Balaban J connectivity index is 1.87. The summed E-state index contributed by atoms with van der Waals surface area (Å²) in [6.45, 7) is 2.15. The molecular formula is C25H23N4OS+. The maximum absolute atomic E-state index is 12.7. The lowest BCUT2D eigenvalue weighted by atomic mass is 9.97. The van der Waals surface area contributed by atoms with Gasteiger partial charge in [0.15, 0.2) is 10.8 Å². The van der Waals surface area contributed by atoms with Crippen LogP contribution in [0.3, 0.4) is 0 Å². The van der Waals surface area contributed by atoms with Crippen LogP contribution in [0.1, 0.15) is 46.8 Å². The Morgan fingerprint density at radius 1 is 1.03 bits per heavy atom. The third kappa shape index (κ3) is 5.12. The van der Waals surface area contributed by atoms with Gasteiger partial charge in [0, 0.05) is 11.1 Å². The molecular weight excluding hydrogens is 404 g/mol. The minimum absolute atomic E-state index is 0.0338. The fraction of sp³-hybridized carbons (Fsp3) is 0.200. The minimum atomic E-state index is -0.0338. The van der Waals surface area contributed by atoms with Gasteiger partial charge in [-0.25, -0.2) is 4.98 Å². The normalized spacial score (nSPS) is 10.3. The molecule has 0 spiro atoms. The second-order valence-corrected chi connectivity index (χ2v) is 8.08. The second kappa shape index (κ2) is 10.4. The van der Waals surface area contributed by atoms with Crippen LogP contribution in [0.4, 0.5) is 5.82 Å². The third-order valence-electron chi connectivity index (χ3n) is 4.97. The Hall–Kier alpha value is -3.61. The third-order valence-corrected chi connectivity index (χ3v) is 5.97. The summed E-state index contributed by atoms with van der Waals surface area (Å²) in [4.78, 5) is 15.6. The quantitative estimate of drug-likeness (QED) is 0.410. The number of pyridine rings is 1. The molecule has 3 aromatic rings. The highest BCUT2D eigenvalue weighted by Gasteiger charge is 2.24. The van der Waals surface area contributed by atoms with E-state index in [4.69, 9.17) is 5.73 Å². The van der Waals surface area contributed by atoms with E-state index in [0.29, 0.717) is 21.7 Å². The van der Waals surface area contributed by atoms with E-state index in [0.717, 1.165) is 24.8 Å². The van der Waals surface area contributed by atoms with Gasteiger partial charge in [0.25, 0.3) is 5.82 Å². The maximum atomic E-state index is 12.7. The Kier molecular flexibility index (Phi) is 7.43. The zero-order chi connectivity index (χ0) is 22.2. The van der Waals surface area contributed by atoms with E-state index >= 15 is 0 Å². The molecule has 0 saturated heterocycles. The van der Waals surface area contributed by atoms with Gasteiger partial charge in [-0.1, -0.05) is 79.7 Å². The average molecular weight is 428 g/mol. The topological polar surface area (TPSA) is 105 Å². The van der Waals surface area contributed by atoms with Crippen molar-refractivity contribution in [3.8, 4) is 23.3 Å². The number of nitrogen functional groups attached to an aromatic ring is 1. The highest BCUT2D eigenvalue weighted by Crippen LogP contribution is 2.33. The lowest BCUT2D eigenvalue weighted by molar-refractivity contribution is -0.410. The molecule has 0 radical (unpaired) electrons. The lowest BCUT2D eigenvalue weighted by Crippen LogP contribution is -2.19. The van der Waals surface area contributed by atoms with Crippen LogP contribution < -0.4 is 10.7 Å². The first-order valence-electron chi connectivity index (χ1n) is 10.1. The molecule has 1 aromatic heterocycles. The van der Waals surface area contributed by atoms with Crippen LogP contribution in [-0.4, -0.2) is 11.5 Å². The molecule has 5 nitrogen and oxygen atoms in total. The highest BCUT2D eigenvalue weighted by atomic mass is 32.2. The first-order valence-corrected chi connectivity index (χ1v) is 11.1. The monoisotopic (exact) mass is 427 g/mol. The van der Waals surface area contributed by atoms with Gasteiger partial charge in [-0.05, 0) is 24.0 Å². The van der Waals surface area contributed by atoms with Gasteiger partial charge in [-0.3, -0.25) is 10.5 Å². The van der Waals surface area contributed by atoms with Crippen LogP contribution in [0.2, 0.25) is 0 Å². The van der Waals surface area contributed by atoms with E-state index in [-0.39, 0.29) is 22.9 Å². The van der Waals surface area contributed by atoms with Crippen LogP contribution in [0.5, 0.6) is 0 Å². The number of thioether (sulfide) groups is 1. The summed E-state index contributed by atoms with van der Waals surface area (Å²) in [5, 5.41) is 19.9. The number of aromatic amines is 1. The van der Waals surface area contributed by atoms with Crippen molar-refractivity contribution in [2.75, 3.05) is 11.5 Å². The predicted molar refractivity (Wildman–Crippen MR) is 122 cm³/mol. The molecule has 154 valence electrons. The second-order valence-electron chi connectivity index (χ2n) is 7.09. The molecule has 31 heavy (non-hydrogen) atoms. The van der Waals surface area contributed by atoms with Gasteiger partial charge < -0.3 is 0 Å². The minimum Gasteiger partial charge on any atom is -0.293 e. The number of nitrogens with one attached hydrogen (secondary N) is 1. The van der Waals surface area contributed by atoms with Crippen LogP contribution >= 0.6 is 11.8 Å². The molecule has 0 aliphatic carbocycles. The maximum Gasteiger partial charge on any atom is 0.289 e. The zero-order valence-electron chi connectivity index (χ0n) is 17.3. The molecule has 0 aliphatic heterocycles. The molecule has 0 atom stereocenters. The van der Waals surface area contributed by atoms with Gasteiger partial charge in [0.05, 0.1) is 5.75 Å². The lowest BCUT2D eigenvalue weighted by Gasteiger charge is -2.10. The van der Waals surface area contributed by atoms with Crippen molar-refractivity contribution in [3.05, 3.63) is 76.9 Å². The molecule has 0 unspecified atom stereocenters. The number of ketones is 1. The number of nitrogens with two attached hydrogens (primary N) is 1. The first-order chi connectivity index (χ1) is 15.1. The number of nitriles is 2. The van der Waals surface area contributed by atoms with Crippen molar-refractivity contribution in [2.45, 2.75) is 31.2 Å². The molecule has 0 saturated carbocycles. The number of H-pyrrole nitrogens is 1. The molecule has 1 heterocycles. The van der Waals surface area contributed by atoms with Crippen LogP contribution in [0.25, 0.3) is 11.1 Å². The van der Waals surface area contributed by atoms with Gasteiger partial charge >= 0.3 is 0 Å². The smallest absolute Gasteiger partial charge is 0.289 e. The number of carbonyl (C=O) groups is 1. The Morgan fingerprint density at radius 2 is 1.71 bits per heavy atom. The number of Topliss-reactive ketones (excluding diaryl/α,β-unsaturated/α-hetero) is 1. The number of aryl methyl sites for hydroxylation is 1. The van der Waals surface area contributed by atoms with Crippen molar-refractivity contribution < 1.29 is 9.78 Å². The number of rotatable bonds is 8. The van der Waals surface area contributed by atoms with E-state index in [1.165, 1.54) is 17.3 Å². The molecule has 0 fully saturated rings. The molecule has 2 aromatic carbocycles. The van der Waals surface area contributed by atoms with E-state index in [9.17, 15) is 15.3 Å². The van der Waals surface area contributed by atoms with Gasteiger partial charge in [-0.2, -0.15) is 10.5 Å². The fourth-order valence-corrected chi connectivity index (χ4v) is 4.22. The predicted octanol–water partition coefficient (Wildman–Crippen LogP) is 4.81. The van der Waals surface area contributed by atoms with E-state index in [1.807, 2.05) is 54.6 Å². The molecule has 0 aliphatic rings. The Bertz CT molecular complexity index is 1160. The van der Waals surface area contributed by atoms with Gasteiger partial charge in [-0.15, -0.1) is 0 Å². The number of hydrogen-bond acceptors (Lipinski definition) is 5. The van der Waals surface area contributed by atoms with E-state index in [2.05, 4.69) is 24.0 Å². The number of anilines is 1. The molecule has 3 N–H and O–H groups in total. The number of carbonyl (C=O) groups excluding carboxylic acids is 1. The summed E-state index contributed by atoms with van der Waals surface area (Å²) in [5.74, 6) is 0.295. The van der Waals surface area contributed by atoms with Gasteiger partial charge in [0.1, 0.15) is 23.3 Å². The number of nitrogens with zero attached hydrogens (tertiary/aromatic N) is 2. The Labute approximate surface area is 186 Å². The zero-order valence-corrected chi connectivity index (χ0v) is 18.1. The summed E-state index contributed by atoms with van der Waals surface area (Å²) in [7, 11) is 0. The standard InChI is InChI=1S/C25H22N4OS/c1-2-3-7-17-10-12-18(13-11-17)22(30)16-31-25-21(15-27)23(19-8-5-4-6-9-19)20(14-26)24(28)29-25/h4-6,8-13H,2-3,7,16H2,1H3,(H2,28,29)/p+1. The SMILES string of the molecule is CCCCc1ccc(C(=O)CSc2[nH+]c(N)c(C#N)c(-c3ccccc3)c2C#N)cc1. The van der Waals surface area contributed by atoms with Crippen LogP contribution in [0, 0.1) is 22.7 Å². The summed E-state index contributed by atoms with van der Waals surface area (Å²) in [5.41, 5.74) is 9.68. The molecule has 3 rings (SSSR count). The highest BCUT2D eigenvalue weighted by molar-refractivity contribution is 7.99. The number of aromatic nitrogens is 1. The summed E-state index contributed by atoms with van der Waals surface area (Å²) in [6, 6.07) is 21.2. The fourth-order valence-electron chi connectivity index (χ4n) is 3.30. The van der Waals surface area contributed by atoms with E-state index < -0.39 is 0 Å². The van der Waals surface area contributed by atoms with Crippen molar-refractivity contribution in [3.63, 3.8) is 0 Å². The first kappa shape index (κ1) is 22.1. The van der Waals surface area contributed by atoms with Crippen LogP contribution in [0.15, 0.2) is 59.6 Å².